The van der Waals surface area contributed by atoms with Gasteiger partial charge in [-0.05, 0) is 31.2 Å². The number of hydrogen-bond acceptors (Lipinski definition) is 5. The molecule has 0 bridgehead atoms. The molecule has 1 aromatic carbocycles. The number of aromatic nitrogens is 2. The molecule has 5 heteroatoms. The molecule has 4 rings (SSSR count). The van der Waals surface area contributed by atoms with Gasteiger partial charge in [-0.25, -0.2) is 9.97 Å². The maximum absolute atomic E-state index is 5.47. The Hall–Kier alpha value is -2.04. The zero-order chi connectivity index (χ0) is 15.8. The summed E-state index contributed by atoms with van der Waals surface area (Å²) in [6, 6.07) is 4.59. The van der Waals surface area contributed by atoms with E-state index in [2.05, 4.69) is 14.9 Å². The second-order valence-corrected chi connectivity index (χ2v) is 6.52. The summed E-state index contributed by atoms with van der Waals surface area (Å²) < 4.78 is 10.9. The van der Waals surface area contributed by atoms with Gasteiger partial charge in [-0.2, -0.15) is 0 Å². The summed E-state index contributed by atoms with van der Waals surface area (Å²) in [4.78, 5) is 11.6. The monoisotopic (exact) mass is 313 g/mol. The van der Waals surface area contributed by atoms with Crippen molar-refractivity contribution in [3.63, 3.8) is 0 Å². The molecule has 2 fully saturated rings. The maximum Gasteiger partial charge on any atom is 0.162 e. The number of fused-ring (bicyclic) bond motifs is 2. The molecule has 23 heavy (non-hydrogen) atoms. The van der Waals surface area contributed by atoms with E-state index in [0.29, 0.717) is 11.8 Å². The second kappa shape index (κ2) is 5.87. The minimum atomic E-state index is 0.634. The Morgan fingerprint density at radius 3 is 2.61 bits per heavy atom. The van der Waals surface area contributed by atoms with Gasteiger partial charge in [-0.15, -0.1) is 0 Å². The van der Waals surface area contributed by atoms with Crippen LogP contribution in [0.4, 0.5) is 5.82 Å². The molecular weight excluding hydrogens is 290 g/mol. The second-order valence-electron chi connectivity index (χ2n) is 6.52. The molecule has 1 aromatic heterocycles. The van der Waals surface area contributed by atoms with Crippen molar-refractivity contribution < 1.29 is 9.47 Å². The Kier molecular flexibility index (Phi) is 3.71. The lowest BCUT2D eigenvalue weighted by Gasteiger charge is -2.32. The minimum absolute atomic E-state index is 0.634. The summed E-state index contributed by atoms with van der Waals surface area (Å²) in [5.74, 6) is 3.32. The first-order valence-electron chi connectivity index (χ1n) is 8.45. The molecule has 1 saturated carbocycles. The van der Waals surface area contributed by atoms with Crippen molar-refractivity contribution in [2.24, 2.45) is 5.92 Å². The lowest BCUT2D eigenvalue weighted by molar-refractivity contribution is 0.341. The maximum atomic E-state index is 5.47. The SMILES string of the molecule is COc1cc2ncnc(N3CC[C@@H]4CCCC[C@@H]43)c2cc1OC. The van der Waals surface area contributed by atoms with E-state index in [4.69, 9.17) is 9.47 Å². The Morgan fingerprint density at radius 1 is 1.00 bits per heavy atom. The molecule has 2 aliphatic rings. The van der Waals surface area contributed by atoms with Crippen LogP contribution in [-0.4, -0.2) is 36.8 Å². The highest BCUT2D eigenvalue weighted by Crippen LogP contribution is 2.41. The highest BCUT2D eigenvalue weighted by molar-refractivity contribution is 5.92. The number of methoxy groups -OCH3 is 2. The van der Waals surface area contributed by atoms with Gasteiger partial charge >= 0.3 is 0 Å². The van der Waals surface area contributed by atoms with Gasteiger partial charge in [0.15, 0.2) is 11.5 Å². The zero-order valence-corrected chi connectivity index (χ0v) is 13.8. The van der Waals surface area contributed by atoms with Crippen LogP contribution in [0.5, 0.6) is 11.5 Å². The quantitative estimate of drug-likeness (QED) is 0.869. The number of ether oxygens (including phenoxy) is 2. The van der Waals surface area contributed by atoms with Crippen LogP contribution in [0.2, 0.25) is 0 Å². The van der Waals surface area contributed by atoms with Gasteiger partial charge in [0.2, 0.25) is 0 Å². The molecule has 0 N–H and O–H groups in total. The van der Waals surface area contributed by atoms with Crippen molar-refractivity contribution in [2.45, 2.75) is 38.1 Å². The summed E-state index contributed by atoms with van der Waals surface area (Å²) in [6.45, 7) is 1.09. The van der Waals surface area contributed by atoms with Gasteiger partial charge in [0, 0.05) is 24.0 Å². The molecule has 0 radical (unpaired) electrons. The first kappa shape index (κ1) is 14.5. The summed E-state index contributed by atoms with van der Waals surface area (Å²) in [7, 11) is 3.32. The van der Waals surface area contributed by atoms with Gasteiger partial charge in [0.1, 0.15) is 12.1 Å². The summed E-state index contributed by atoms with van der Waals surface area (Å²) in [6.07, 6.45) is 8.30. The van der Waals surface area contributed by atoms with E-state index in [0.717, 1.165) is 34.9 Å². The largest absolute Gasteiger partial charge is 0.493 e. The fraction of sp³-hybridized carbons (Fsp3) is 0.556. The van der Waals surface area contributed by atoms with Crippen LogP contribution in [0, 0.1) is 5.92 Å². The topological polar surface area (TPSA) is 47.5 Å². The smallest absolute Gasteiger partial charge is 0.162 e. The fourth-order valence-electron chi connectivity index (χ4n) is 4.27. The van der Waals surface area contributed by atoms with Crippen LogP contribution in [-0.2, 0) is 0 Å². The van der Waals surface area contributed by atoms with Gasteiger partial charge in [-0.3, -0.25) is 0 Å². The van der Waals surface area contributed by atoms with Crippen LogP contribution in [0.15, 0.2) is 18.5 Å². The first-order valence-corrected chi connectivity index (χ1v) is 8.45. The molecule has 1 aliphatic carbocycles. The van der Waals surface area contributed by atoms with E-state index in [-0.39, 0.29) is 0 Å². The summed E-state index contributed by atoms with van der Waals surface area (Å²) in [5.41, 5.74) is 0.909. The van der Waals surface area contributed by atoms with Gasteiger partial charge in [0.05, 0.1) is 19.7 Å². The lowest BCUT2D eigenvalue weighted by Crippen LogP contribution is -2.35. The van der Waals surface area contributed by atoms with Gasteiger partial charge in [0.25, 0.3) is 0 Å². The van der Waals surface area contributed by atoms with E-state index in [1.807, 2.05) is 12.1 Å². The molecule has 122 valence electrons. The first-order chi connectivity index (χ1) is 11.3. The van der Waals surface area contributed by atoms with Gasteiger partial charge in [-0.1, -0.05) is 12.8 Å². The average Bonchev–Trinajstić information content (AvgIpc) is 3.03. The van der Waals surface area contributed by atoms with E-state index in [1.165, 1.54) is 32.1 Å². The molecule has 2 aromatic rings. The predicted octanol–water partition coefficient (Wildman–Crippen LogP) is 3.42. The number of nitrogens with zero attached hydrogens (tertiary/aromatic N) is 3. The molecule has 0 spiro atoms. The third-order valence-electron chi connectivity index (χ3n) is 5.40. The number of anilines is 1. The molecule has 5 nitrogen and oxygen atoms in total. The van der Waals surface area contributed by atoms with E-state index >= 15 is 0 Å². The Bertz CT molecular complexity index is 719. The third-order valence-corrected chi connectivity index (χ3v) is 5.40. The molecule has 2 atom stereocenters. The highest BCUT2D eigenvalue weighted by Gasteiger charge is 2.37. The van der Waals surface area contributed by atoms with Crippen molar-refractivity contribution in [1.29, 1.82) is 0 Å². The van der Waals surface area contributed by atoms with Gasteiger partial charge < -0.3 is 14.4 Å². The Morgan fingerprint density at radius 2 is 1.78 bits per heavy atom. The summed E-state index contributed by atoms with van der Waals surface area (Å²) >= 11 is 0. The van der Waals surface area contributed by atoms with Crippen molar-refractivity contribution in [3.05, 3.63) is 18.5 Å². The normalized spacial score (nSPS) is 23.8. The van der Waals surface area contributed by atoms with Crippen LogP contribution in [0.25, 0.3) is 10.9 Å². The van der Waals surface area contributed by atoms with Crippen LogP contribution >= 0.6 is 0 Å². The average molecular weight is 313 g/mol. The number of benzene rings is 1. The van der Waals surface area contributed by atoms with E-state index < -0.39 is 0 Å². The van der Waals surface area contributed by atoms with Crippen molar-refractivity contribution in [2.75, 3.05) is 25.7 Å². The molecule has 0 unspecified atom stereocenters. The molecule has 0 amide bonds. The van der Waals surface area contributed by atoms with Crippen molar-refractivity contribution >= 4 is 16.7 Å². The lowest BCUT2D eigenvalue weighted by atomic mass is 9.85. The highest BCUT2D eigenvalue weighted by atomic mass is 16.5. The number of hydrogen-bond donors (Lipinski definition) is 0. The van der Waals surface area contributed by atoms with E-state index in [9.17, 15) is 0 Å². The number of rotatable bonds is 3. The standard InChI is InChI=1S/C18H23N3O2/c1-22-16-9-13-14(10-17(16)23-2)19-11-20-18(13)21-8-7-12-5-3-4-6-15(12)21/h9-12,15H,3-8H2,1-2H3/t12-,15-/m0/s1. The third kappa shape index (κ3) is 2.38. The molecular formula is C18H23N3O2. The predicted molar refractivity (Wildman–Crippen MR) is 90.4 cm³/mol. The van der Waals surface area contributed by atoms with Crippen LogP contribution < -0.4 is 14.4 Å². The van der Waals surface area contributed by atoms with E-state index in [1.54, 1.807) is 20.5 Å². The zero-order valence-electron chi connectivity index (χ0n) is 13.8. The molecule has 1 aliphatic heterocycles. The molecule has 2 heterocycles. The van der Waals surface area contributed by atoms with Crippen molar-refractivity contribution in [3.8, 4) is 11.5 Å². The van der Waals surface area contributed by atoms with Crippen LogP contribution in [0.3, 0.4) is 0 Å². The Labute approximate surface area is 136 Å². The summed E-state index contributed by atoms with van der Waals surface area (Å²) in [5, 5.41) is 1.05. The van der Waals surface area contributed by atoms with Crippen molar-refractivity contribution in [1.82, 2.24) is 9.97 Å². The van der Waals surface area contributed by atoms with Crippen LogP contribution in [0.1, 0.15) is 32.1 Å². The fourth-order valence-corrected chi connectivity index (χ4v) is 4.27. The minimum Gasteiger partial charge on any atom is -0.493 e. The molecule has 1 saturated heterocycles. The Balaban J connectivity index is 1.80.